The van der Waals surface area contributed by atoms with Crippen molar-refractivity contribution in [3.05, 3.63) is 28.8 Å². The minimum atomic E-state index is 0.700. The summed E-state index contributed by atoms with van der Waals surface area (Å²) in [6.07, 6.45) is 0. The summed E-state index contributed by atoms with van der Waals surface area (Å²) in [7, 11) is 0. The van der Waals surface area contributed by atoms with Crippen molar-refractivity contribution in [2.24, 2.45) is 0 Å². The average Bonchev–Trinajstić information content (AvgIpc) is 1.95. The fourth-order valence-corrected chi connectivity index (χ4v) is 1.22. The molecule has 0 heterocycles. The molecule has 0 aliphatic heterocycles. The van der Waals surface area contributed by atoms with E-state index in [1.165, 1.54) is 5.49 Å². The van der Waals surface area contributed by atoms with Crippen LogP contribution in [0.2, 0.25) is 5.02 Å². The number of hydrogen-bond donors (Lipinski definition) is 1. The number of hydrogen-bond acceptors (Lipinski definition) is 1. The van der Waals surface area contributed by atoms with Crippen LogP contribution in [0.5, 0.6) is 0 Å². The standard InChI is InChI=1S/C8H8ClNS/c1-6-2-3-8(10-5-11)7(9)4-6/h2-5H,1H3,(H,10,11). The van der Waals surface area contributed by atoms with Crippen LogP contribution in [0.4, 0.5) is 5.69 Å². The third-order valence-electron chi connectivity index (χ3n) is 1.34. The largest absolute Gasteiger partial charge is 0.351 e. The molecule has 0 aliphatic rings. The molecule has 0 bridgehead atoms. The molecular formula is C8H8ClNS. The summed E-state index contributed by atoms with van der Waals surface area (Å²) in [5.41, 5.74) is 3.44. The Morgan fingerprint density at radius 2 is 2.27 bits per heavy atom. The van der Waals surface area contributed by atoms with Gasteiger partial charge >= 0.3 is 0 Å². The lowest BCUT2D eigenvalue weighted by atomic mass is 10.2. The van der Waals surface area contributed by atoms with E-state index in [9.17, 15) is 0 Å². The first-order valence-electron chi connectivity index (χ1n) is 3.20. The van der Waals surface area contributed by atoms with Crippen LogP contribution < -0.4 is 5.32 Å². The minimum absolute atomic E-state index is 0.700. The van der Waals surface area contributed by atoms with Gasteiger partial charge < -0.3 is 5.32 Å². The quantitative estimate of drug-likeness (QED) is 0.711. The van der Waals surface area contributed by atoms with Gasteiger partial charge in [0.05, 0.1) is 16.2 Å². The molecule has 1 N–H and O–H groups in total. The second-order valence-corrected chi connectivity index (χ2v) is 2.89. The molecular weight excluding hydrogens is 178 g/mol. The van der Waals surface area contributed by atoms with Gasteiger partial charge in [0.1, 0.15) is 0 Å². The molecule has 0 radical (unpaired) electrons. The Balaban J connectivity index is 2.98. The first-order chi connectivity index (χ1) is 5.24. The zero-order chi connectivity index (χ0) is 8.27. The van der Waals surface area contributed by atoms with E-state index in [2.05, 4.69) is 17.5 Å². The molecule has 0 spiro atoms. The molecule has 0 amide bonds. The van der Waals surface area contributed by atoms with E-state index in [-0.39, 0.29) is 0 Å². The van der Waals surface area contributed by atoms with Gasteiger partial charge in [-0.05, 0) is 24.6 Å². The fraction of sp³-hybridized carbons (Fsp3) is 0.125. The summed E-state index contributed by atoms with van der Waals surface area (Å²) >= 11 is 10.5. The van der Waals surface area contributed by atoms with Gasteiger partial charge in [0.25, 0.3) is 0 Å². The Labute approximate surface area is 76.4 Å². The Kier molecular flexibility index (Phi) is 2.85. The predicted molar refractivity (Wildman–Crippen MR) is 53.5 cm³/mol. The molecule has 0 saturated carbocycles. The van der Waals surface area contributed by atoms with Gasteiger partial charge in [-0.15, -0.1) is 0 Å². The van der Waals surface area contributed by atoms with Gasteiger partial charge in [-0.3, -0.25) is 0 Å². The monoisotopic (exact) mass is 185 g/mol. The maximum absolute atomic E-state index is 5.88. The number of rotatable bonds is 2. The number of thiocarbonyl (C=S) groups is 1. The van der Waals surface area contributed by atoms with Crippen LogP contribution >= 0.6 is 23.8 Å². The second kappa shape index (κ2) is 3.69. The van der Waals surface area contributed by atoms with Gasteiger partial charge in [-0.25, -0.2) is 0 Å². The summed E-state index contributed by atoms with van der Waals surface area (Å²) in [5, 5.41) is 3.56. The van der Waals surface area contributed by atoms with Crippen molar-refractivity contribution in [3.63, 3.8) is 0 Å². The van der Waals surface area contributed by atoms with Crippen LogP contribution in [0, 0.1) is 6.92 Å². The van der Waals surface area contributed by atoms with Crippen molar-refractivity contribution < 1.29 is 0 Å². The molecule has 1 rings (SSSR count). The lowest BCUT2D eigenvalue weighted by Gasteiger charge is -2.02. The second-order valence-electron chi connectivity index (χ2n) is 2.25. The number of benzene rings is 1. The maximum atomic E-state index is 5.88. The highest BCUT2D eigenvalue weighted by molar-refractivity contribution is 7.79. The molecule has 0 fully saturated rings. The van der Waals surface area contributed by atoms with Crippen molar-refractivity contribution in [2.45, 2.75) is 6.92 Å². The van der Waals surface area contributed by atoms with E-state index in [0.717, 1.165) is 11.3 Å². The molecule has 11 heavy (non-hydrogen) atoms. The van der Waals surface area contributed by atoms with Crippen LogP contribution in [-0.4, -0.2) is 5.49 Å². The summed E-state index contributed by atoms with van der Waals surface area (Å²) in [4.78, 5) is 0. The molecule has 0 unspecified atom stereocenters. The molecule has 1 aromatic carbocycles. The first-order valence-corrected chi connectivity index (χ1v) is 4.05. The predicted octanol–water partition coefficient (Wildman–Crippen LogP) is 3.02. The highest BCUT2D eigenvalue weighted by Gasteiger charge is 1.96. The molecule has 3 heteroatoms. The first kappa shape index (κ1) is 8.50. The fourth-order valence-electron chi connectivity index (χ4n) is 0.801. The van der Waals surface area contributed by atoms with Gasteiger partial charge in [-0.2, -0.15) is 0 Å². The van der Waals surface area contributed by atoms with Crippen molar-refractivity contribution in [3.8, 4) is 0 Å². The lowest BCUT2D eigenvalue weighted by Crippen LogP contribution is -1.92. The normalized spacial score (nSPS) is 9.27. The van der Waals surface area contributed by atoms with Crippen molar-refractivity contribution >= 4 is 35.0 Å². The Morgan fingerprint density at radius 1 is 1.55 bits per heavy atom. The molecule has 0 aliphatic carbocycles. The smallest absolute Gasteiger partial charge is 0.0659 e. The van der Waals surface area contributed by atoms with Gasteiger partial charge in [0.15, 0.2) is 0 Å². The topological polar surface area (TPSA) is 12.0 Å². The van der Waals surface area contributed by atoms with E-state index >= 15 is 0 Å². The van der Waals surface area contributed by atoms with Gasteiger partial charge in [0, 0.05) is 0 Å². The molecule has 58 valence electrons. The number of nitrogens with one attached hydrogen (secondary N) is 1. The molecule has 1 aromatic rings. The number of halogens is 1. The highest BCUT2D eigenvalue weighted by atomic mass is 35.5. The van der Waals surface area contributed by atoms with E-state index in [1.807, 2.05) is 25.1 Å². The van der Waals surface area contributed by atoms with Crippen LogP contribution in [0.3, 0.4) is 0 Å². The molecule has 0 atom stereocenters. The molecule has 0 saturated heterocycles. The number of anilines is 1. The Bertz CT molecular complexity index is 273. The summed E-state index contributed by atoms with van der Waals surface area (Å²) < 4.78 is 0. The van der Waals surface area contributed by atoms with E-state index in [0.29, 0.717) is 5.02 Å². The summed E-state index contributed by atoms with van der Waals surface area (Å²) in [5.74, 6) is 0. The zero-order valence-electron chi connectivity index (χ0n) is 6.10. The minimum Gasteiger partial charge on any atom is -0.351 e. The summed E-state index contributed by atoms with van der Waals surface area (Å²) in [6, 6.07) is 5.77. The third kappa shape index (κ3) is 2.17. The molecule has 0 aromatic heterocycles. The van der Waals surface area contributed by atoms with Gasteiger partial charge in [-0.1, -0.05) is 29.9 Å². The Hall–Kier alpha value is -0.600. The highest BCUT2D eigenvalue weighted by Crippen LogP contribution is 2.21. The number of aryl methyl sites for hydroxylation is 1. The van der Waals surface area contributed by atoms with Crippen LogP contribution in [-0.2, 0) is 0 Å². The summed E-state index contributed by atoms with van der Waals surface area (Å²) in [6.45, 7) is 1.99. The van der Waals surface area contributed by atoms with Crippen molar-refractivity contribution in [1.82, 2.24) is 0 Å². The van der Waals surface area contributed by atoms with Crippen LogP contribution in [0.1, 0.15) is 5.56 Å². The van der Waals surface area contributed by atoms with Crippen molar-refractivity contribution in [2.75, 3.05) is 5.32 Å². The van der Waals surface area contributed by atoms with Crippen LogP contribution in [0.25, 0.3) is 0 Å². The Morgan fingerprint density at radius 3 is 2.82 bits per heavy atom. The van der Waals surface area contributed by atoms with Gasteiger partial charge in [0.2, 0.25) is 0 Å². The average molecular weight is 186 g/mol. The van der Waals surface area contributed by atoms with Crippen LogP contribution in [0.15, 0.2) is 18.2 Å². The van der Waals surface area contributed by atoms with E-state index in [1.54, 1.807) is 0 Å². The zero-order valence-corrected chi connectivity index (χ0v) is 7.67. The van der Waals surface area contributed by atoms with E-state index in [4.69, 9.17) is 11.6 Å². The molecule has 1 nitrogen and oxygen atoms in total. The van der Waals surface area contributed by atoms with E-state index < -0.39 is 0 Å². The van der Waals surface area contributed by atoms with Crippen molar-refractivity contribution in [1.29, 1.82) is 0 Å². The lowest BCUT2D eigenvalue weighted by molar-refractivity contribution is 1.47. The maximum Gasteiger partial charge on any atom is 0.0659 e. The SMILES string of the molecule is Cc1ccc(NC=S)c(Cl)c1. The third-order valence-corrected chi connectivity index (χ3v) is 1.77.